The van der Waals surface area contributed by atoms with E-state index in [1.54, 1.807) is 0 Å². The molecule has 4 aliphatic rings. The lowest BCUT2D eigenvalue weighted by atomic mass is 9.39. The summed E-state index contributed by atoms with van der Waals surface area (Å²) in [5.41, 5.74) is 17.7. The van der Waals surface area contributed by atoms with Gasteiger partial charge in [0.2, 0.25) is 0 Å². The fourth-order valence-electron chi connectivity index (χ4n) is 8.65. The number of hydrogen-bond acceptors (Lipinski definition) is 3. The molecule has 0 amide bonds. The van der Waals surface area contributed by atoms with Gasteiger partial charge in [-0.25, -0.2) is 0 Å². The van der Waals surface area contributed by atoms with E-state index in [-0.39, 0.29) is 13.7 Å². The zero-order chi connectivity index (χ0) is 28.1. The molecule has 7 heteroatoms. The standard InChI is InChI=1S/C36H23B2N3S2/c1-42-22-9-11-28-30(17-22)41-31-18-23(43-2)10-12-29(31)38-33-27(25-8-4-6-21-14-16-40(38)35(21)25)19-26-24-7-3-5-20-13-15-39(34(20)24)37(28)32(26)36(33)41/h3-19H,1-2H3. The van der Waals surface area contributed by atoms with Crippen molar-refractivity contribution >= 4 is 97.9 Å². The van der Waals surface area contributed by atoms with Crippen LogP contribution >= 0.6 is 23.5 Å². The van der Waals surface area contributed by atoms with Crippen LogP contribution in [0, 0.1) is 0 Å². The van der Waals surface area contributed by atoms with Crippen molar-refractivity contribution in [3.8, 4) is 22.3 Å². The van der Waals surface area contributed by atoms with Crippen LogP contribution in [0.4, 0.5) is 17.1 Å². The van der Waals surface area contributed by atoms with E-state index < -0.39 is 0 Å². The number of para-hydroxylation sites is 2. The molecule has 6 heterocycles. The highest BCUT2D eigenvalue weighted by Gasteiger charge is 2.50. The van der Waals surface area contributed by atoms with Crippen LogP contribution < -0.4 is 26.8 Å². The Hall–Kier alpha value is -4.19. The minimum Gasteiger partial charge on any atom is -0.382 e. The largest absolute Gasteiger partial charge is 0.382 e. The molecular formula is C36H23B2N3S2. The zero-order valence-corrected chi connectivity index (χ0v) is 25.3. The summed E-state index contributed by atoms with van der Waals surface area (Å²) in [5.74, 6) is 0. The van der Waals surface area contributed by atoms with Crippen molar-refractivity contribution in [3.63, 3.8) is 0 Å². The molecule has 0 saturated heterocycles. The Morgan fingerprint density at radius 1 is 0.535 bits per heavy atom. The Labute approximate surface area is 258 Å². The van der Waals surface area contributed by atoms with Crippen LogP contribution in [0.25, 0.3) is 44.1 Å². The average molecular weight is 583 g/mol. The summed E-state index contributed by atoms with van der Waals surface area (Å²) < 4.78 is 5.11. The summed E-state index contributed by atoms with van der Waals surface area (Å²) in [6.07, 6.45) is 9.01. The van der Waals surface area contributed by atoms with Gasteiger partial charge in [-0.3, -0.25) is 0 Å². The lowest BCUT2D eigenvalue weighted by Crippen LogP contribution is -2.64. The molecule has 0 saturated carbocycles. The number of fused-ring (bicyclic) bond motifs is 10. The van der Waals surface area contributed by atoms with Crippen molar-refractivity contribution in [2.45, 2.75) is 9.79 Å². The third-order valence-electron chi connectivity index (χ3n) is 10.3. The predicted molar refractivity (Wildman–Crippen MR) is 187 cm³/mol. The van der Waals surface area contributed by atoms with E-state index in [1.807, 2.05) is 23.5 Å². The van der Waals surface area contributed by atoms with Crippen LogP contribution in [-0.4, -0.2) is 35.2 Å². The first-order valence-corrected chi connectivity index (χ1v) is 17.3. The minimum absolute atomic E-state index is 0.123. The van der Waals surface area contributed by atoms with E-state index in [2.05, 4.69) is 130 Å². The Balaban J connectivity index is 1.39. The van der Waals surface area contributed by atoms with Crippen LogP contribution in [-0.2, 0) is 0 Å². The molecule has 0 atom stereocenters. The molecule has 0 spiro atoms. The minimum atomic E-state index is 0.123. The quantitative estimate of drug-likeness (QED) is 0.173. The van der Waals surface area contributed by atoms with Gasteiger partial charge in [-0.2, -0.15) is 0 Å². The van der Waals surface area contributed by atoms with E-state index in [4.69, 9.17) is 0 Å². The molecule has 43 heavy (non-hydrogen) atoms. The highest BCUT2D eigenvalue weighted by molar-refractivity contribution is 7.98. The van der Waals surface area contributed by atoms with E-state index in [0.717, 1.165) is 0 Å². The second-order valence-corrected chi connectivity index (χ2v) is 13.8. The Kier molecular flexibility index (Phi) is 4.25. The fraction of sp³-hybridized carbons (Fsp3) is 0.0556. The van der Waals surface area contributed by atoms with Crippen molar-refractivity contribution in [2.24, 2.45) is 0 Å². The third-order valence-corrected chi connectivity index (χ3v) is 11.8. The smallest absolute Gasteiger partial charge is 0.332 e. The fourth-order valence-corrected chi connectivity index (χ4v) is 9.52. The number of hydrogen-bond donors (Lipinski definition) is 0. The van der Waals surface area contributed by atoms with E-state index in [0.29, 0.717) is 0 Å². The first kappa shape index (κ1) is 23.3. The summed E-state index contributed by atoms with van der Waals surface area (Å²) in [5, 5.41) is 2.62. The maximum atomic E-state index is 2.64. The number of thioether (sulfide) groups is 2. The molecule has 0 unspecified atom stereocenters. The van der Waals surface area contributed by atoms with E-state index in [1.165, 1.54) is 92.8 Å². The van der Waals surface area contributed by atoms with Gasteiger partial charge in [-0.15, -0.1) is 23.5 Å². The summed E-state index contributed by atoms with van der Waals surface area (Å²) in [4.78, 5) is 5.23. The molecule has 0 aliphatic carbocycles. The van der Waals surface area contributed by atoms with Crippen molar-refractivity contribution in [2.75, 3.05) is 17.4 Å². The van der Waals surface area contributed by atoms with Gasteiger partial charge in [0, 0.05) is 49.0 Å². The molecule has 11 rings (SSSR count). The van der Waals surface area contributed by atoms with Crippen molar-refractivity contribution in [1.29, 1.82) is 0 Å². The van der Waals surface area contributed by atoms with Gasteiger partial charge in [-0.05, 0) is 111 Å². The van der Waals surface area contributed by atoms with Crippen LogP contribution in [0.3, 0.4) is 0 Å². The van der Waals surface area contributed by atoms with Gasteiger partial charge < -0.3 is 13.9 Å². The molecule has 3 nitrogen and oxygen atoms in total. The first-order chi connectivity index (χ1) is 21.2. The number of rotatable bonds is 2. The van der Waals surface area contributed by atoms with Gasteiger partial charge in [-0.1, -0.05) is 48.5 Å². The third kappa shape index (κ3) is 2.63. The summed E-state index contributed by atoms with van der Waals surface area (Å²) in [6.45, 7) is 0.246. The second kappa shape index (κ2) is 7.85. The van der Waals surface area contributed by atoms with Crippen LogP contribution in [0.15, 0.2) is 113 Å². The number of anilines is 3. The maximum Gasteiger partial charge on any atom is 0.332 e. The van der Waals surface area contributed by atoms with E-state index in [9.17, 15) is 0 Å². The Bertz CT molecular complexity index is 2260. The van der Waals surface area contributed by atoms with Gasteiger partial charge in [0.05, 0.1) is 0 Å². The molecule has 0 fully saturated rings. The highest BCUT2D eigenvalue weighted by atomic mass is 32.2. The Morgan fingerprint density at radius 3 is 1.53 bits per heavy atom. The van der Waals surface area contributed by atoms with Gasteiger partial charge >= 0.3 is 13.7 Å². The van der Waals surface area contributed by atoms with Crippen LogP contribution in [0.2, 0.25) is 0 Å². The number of nitrogens with zero attached hydrogens (tertiary/aromatic N) is 3. The molecular weight excluding hydrogens is 560 g/mol. The maximum absolute atomic E-state index is 2.64. The lowest BCUT2D eigenvalue weighted by molar-refractivity contribution is 1.20. The predicted octanol–water partition coefficient (Wildman–Crippen LogP) is 6.41. The van der Waals surface area contributed by atoms with Crippen LogP contribution in [0.5, 0.6) is 0 Å². The summed E-state index contributed by atoms with van der Waals surface area (Å²) in [7, 11) is 0. The molecule has 2 aromatic heterocycles. The SMILES string of the molecule is CSc1ccc2c(c1)N1c3cc(SC)ccc3B3c4c(cc5c(c41)B2n1ccc2cccc-5c21)-c1cccc2ccn3c12. The Morgan fingerprint density at radius 2 is 1.05 bits per heavy atom. The lowest BCUT2D eigenvalue weighted by Gasteiger charge is -2.47. The van der Waals surface area contributed by atoms with Gasteiger partial charge in [0.15, 0.2) is 0 Å². The monoisotopic (exact) mass is 583 g/mol. The second-order valence-electron chi connectivity index (χ2n) is 12.1. The van der Waals surface area contributed by atoms with Crippen LogP contribution in [0.1, 0.15) is 0 Å². The topological polar surface area (TPSA) is 13.1 Å². The molecule has 0 N–H and O–H groups in total. The molecule has 7 aromatic rings. The van der Waals surface area contributed by atoms with Crippen molar-refractivity contribution < 1.29 is 0 Å². The first-order valence-electron chi connectivity index (χ1n) is 14.8. The molecule has 200 valence electrons. The van der Waals surface area contributed by atoms with E-state index >= 15 is 0 Å². The van der Waals surface area contributed by atoms with Gasteiger partial charge in [0.25, 0.3) is 0 Å². The molecule has 0 radical (unpaired) electrons. The van der Waals surface area contributed by atoms with Crippen molar-refractivity contribution in [3.05, 3.63) is 103 Å². The molecule has 0 bridgehead atoms. The van der Waals surface area contributed by atoms with Crippen molar-refractivity contribution in [1.82, 2.24) is 8.96 Å². The highest BCUT2D eigenvalue weighted by Crippen LogP contribution is 2.48. The average Bonchev–Trinajstić information content (AvgIpc) is 3.69. The molecule has 4 aliphatic heterocycles. The van der Waals surface area contributed by atoms with Gasteiger partial charge in [0.1, 0.15) is 0 Å². The summed E-state index contributed by atoms with van der Waals surface area (Å²) >= 11 is 3.65. The zero-order valence-electron chi connectivity index (χ0n) is 23.6. The normalized spacial score (nSPS) is 14.3. The molecule has 5 aromatic carbocycles. The number of aromatic nitrogens is 2. The number of benzene rings is 5. The summed E-state index contributed by atoms with van der Waals surface area (Å²) in [6, 6.07) is 35.1.